The van der Waals surface area contributed by atoms with E-state index in [2.05, 4.69) is 9.88 Å². The normalized spacial score (nSPS) is 14.9. The topological polar surface area (TPSA) is 36.4 Å². The van der Waals surface area contributed by atoms with Crippen LogP contribution in [0.4, 0.5) is 5.82 Å². The average Bonchev–Trinajstić information content (AvgIpc) is 2.55. The number of aromatic nitrogens is 1. The molecule has 2 aromatic rings. The van der Waals surface area contributed by atoms with Crippen molar-refractivity contribution in [2.45, 2.75) is 0 Å². The first-order valence-electron chi connectivity index (χ1n) is 7.16. The van der Waals surface area contributed by atoms with E-state index in [0.29, 0.717) is 52.6 Å². The van der Waals surface area contributed by atoms with Gasteiger partial charge in [0.15, 0.2) is 0 Å². The van der Waals surface area contributed by atoms with E-state index in [1.54, 1.807) is 29.3 Å². The second-order valence-electron chi connectivity index (χ2n) is 5.22. The zero-order valence-electron chi connectivity index (χ0n) is 12.2. The third-order valence-corrected chi connectivity index (χ3v) is 4.57. The molecule has 0 bridgehead atoms. The fourth-order valence-electron chi connectivity index (χ4n) is 2.57. The quantitative estimate of drug-likeness (QED) is 0.801. The van der Waals surface area contributed by atoms with E-state index >= 15 is 0 Å². The monoisotopic (exact) mass is 369 g/mol. The van der Waals surface area contributed by atoms with Gasteiger partial charge in [0, 0.05) is 32.4 Å². The van der Waals surface area contributed by atoms with E-state index in [1.165, 1.54) is 0 Å². The summed E-state index contributed by atoms with van der Waals surface area (Å²) in [6, 6.07) is 8.77. The van der Waals surface area contributed by atoms with Crippen LogP contribution in [-0.4, -0.2) is 42.0 Å². The molecule has 0 unspecified atom stereocenters. The number of hydrogen-bond acceptors (Lipinski definition) is 3. The Labute approximate surface area is 149 Å². The molecule has 1 amide bonds. The molecule has 0 aliphatic carbocycles. The highest BCUT2D eigenvalue weighted by atomic mass is 35.5. The minimum atomic E-state index is -0.0505. The van der Waals surface area contributed by atoms with Gasteiger partial charge in [-0.05, 0) is 18.2 Å². The van der Waals surface area contributed by atoms with Gasteiger partial charge < -0.3 is 9.80 Å². The second kappa shape index (κ2) is 6.95. The fourth-order valence-corrected chi connectivity index (χ4v) is 3.28. The zero-order chi connectivity index (χ0) is 16.4. The van der Waals surface area contributed by atoms with Crippen molar-refractivity contribution in [3.63, 3.8) is 0 Å². The molecule has 1 saturated heterocycles. The lowest BCUT2D eigenvalue weighted by molar-refractivity contribution is 0.0746. The summed E-state index contributed by atoms with van der Waals surface area (Å²) >= 11 is 18.2. The van der Waals surface area contributed by atoms with E-state index in [9.17, 15) is 4.79 Å². The Morgan fingerprint density at radius 1 is 1.00 bits per heavy atom. The van der Waals surface area contributed by atoms with E-state index in [-0.39, 0.29) is 5.91 Å². The Kier molecular flexibility index (Phi) is 4.95. The van der Waals surface area contributed by atoms with Crippen LogP contribution in [0.15, 0.2) is 36.5 Å². The molecule has 1 aromatic carbocycles. The maximum Gasteiger partial charge on any atom is 0.255 e. The molecule has 120 valence electrons. The highest BCUT2D eigenvalue weighted by Crippen LogP contribution is 2.27. The molecule has 2 heterocycles. The number of hydrogen-bond donors (Lipinski definition) is 0. The molecule has 4 nitrogen and oxygen atoms in total. The van der Waals surface area contributed by atoms with Gasteiger partial charge in [0.05, 0.1) is 20.6 Å². The number of rotatable bonds is 2. The van der Waals surface area contributed by atoms with E-state index in [0.717, 1.165) is 0 Å². The number of carbonyl (C=O) groups excluding carboxylic acids is 1. The van der Waals surface area contributed by atoms with E-state index in [4.69, 9.17) is 34.8 Å². The number of amides is 1. The lowest BCUT2D eigenvalue weighted by Gasteiger charge is -2.35. The van der Waals surface area contributed by atoms with Crippen LogP contribution in [0.5, 0.6) is 0 Å². The number of piperazine rings is 1. The SMILES string of the molecule is O=C(c1ccccc1Cl)N1CCN(c2ncc(Cl)cc2Cl)CC1. The van der Waals surface area contributed by atoms with Crippen LogP contribution in [-0.2, 0) is 0 Å². The third kappa shape index (κ3) is 3.55. The molecule has 23 heavy (non-hydrogen) atoms. The maximum absolute atomic E-state index is 12.5. The molecule has 3 rings (SSSR count). The first-order valence-corrected chi connectivity index (χ1v) is 8.29. The van der Waals surface area contributed by atoms with Crippen LogP contribution >= 0.6 is 34.8 Å². The molecule has 7 heteroatoms. The first kappa shape index (κ1) is 16.4. The van der Waals surface area contributed by atoms with Crippen LogP contribution in [0.1, 0.15) is 10.4 Å². The van der Waals surface area contributed by atoms with Gasteiger partial charge in [-0.2, -0.15) is 0 Å². The van der Waals surface area contributed by atoms with Crippen molar-refractivity contribution in [2.24, 2.45) is 0 Å². The summed E-state index contributed by atoms with van der Waals surface area (Å²) < 4.78 is 0. The Balaban J connectivity index is 1.69. The van der Waals surface area contributed by atoms with Crippen molar-refractivity contribution >= 4 is 46.5 Å². The number of benzene rings is 1. The van der Waals surface area contributed by atoms with E-state index in [1.807, 2.05) is 12.1 Å². The van der Waals surface area contributed by atoms with Crippen LogP contribution in [0, 0.1) is 0 Å². The van der Waals surface area contributed by atoms with Crippen molar-refractivity contribution in [3.05, 3.63) is 57.2 Å². The lowest BCUT2D eigenvalue weighted by Crippen LogP contribution is -2.49. The highest BCUT2D eigenvalue weighted by Gasteiger charge is 2.25. The van der Waals surface area contributed by atoms with Crippen molar-refractivity contribution in [3.8, 4) is 0 Å². The Bertz CT molecular complexity index is 730. The molecule has 0 saturated carbocycles. The van der Waals surface area contributed by atoms with Gasteiger partial charge in [0.2, 0.25) is 0 Å². The largest absolute Gasteiger partial charge is 0.352 e. The smallest absolute Gasteiger partial charge is 0.255 e. The minimum Gasteiger partial charge on any atom is -0.352 e. The summed E-state index contributed by atoms with van der Waals surface area (Å²) in [5.74, 6) is 0.645. The summed E-state index contributed by atoms with van der Waals surface area (Å²) in [6.07, 6.45) is 1.57. The molecular weight excluding hydrogens is 357 g/mol. The highest BCUT2D eigenvalue weighted by molar-refractivity contribution is 6.36. The lowest BCUT2D eigenvalue weighted by atomic mass is 10.2. The van der Waals surface area contributed by atoms with Crippen molar-refractivity contribution in [1.29, 1.82) is 0 Å². The van der Waals surface area contributed by atoms with Crippen molar-refractivity contribution < 1.29 is 4.79 Å². The molecule has 1 aromatic heterocycles. The Morgan fingerprint density at radius 2 is 1.70 bits per heavy atom. The first-order chi connectivity index (χ1) is 11.1. The molecule has 0 radical (unpaired) electrons. The minimum absolute atomic E-state index is 0.0505. The average molecular weight is 371 g/mol. The molecule has 1 aliphatic rings. The van der Waals surface area contributed by atoms with Gasteiger partial charge in [-0.25, -0.2) is 4.98 Å². The summed E-state index contributed by atoms with van der Waals surface area (Å²) in [6.45, 7) is 2.49. The van der Waals surface area contributed by atoms with Gasteiger partial charge in [0.1, 0.15) is 5.82 Å². The molecule has 1 fully saturated rings. The number of pyridine rings is 1. The number of halogens is 3. The van der Waals surface area contributed by atoms with Gasteiger partial charge in [0.25, 0.3) is 5.91 Å². The van der Waals surface area contributed by atoms with Crippen LogP contribution in [0.25, 0.3) is 0 Å². The summed E-state index contributed by atoms with van der Waals surface area (Å²) in [5, 5.41) is 1.50. The molecule has 0 spiro atoms. The molecule has 0 N–H and O–H groups in total. The summed E-state index contributed by atoms with van der Waals surface area (Å²) in [7, 11) is 0. The molecular formula is C16H14Cl3N3O. The number of carbonyl (C=O) groups is 1. The molecule has 1 aliphatic heterocycles. The zero-order valence-corrected chi connectivity index (χ0v) is 14.4. The number of nitrogens with zero attached hydrogens (tertiary/aromatic N) is 3. The van der Waals surface area contributed by atoms with Crippen molar-refractivity contribution in [1.82, 2.24) is 9.88 Å². The fraction of sp³-hybridized carbons (Fsp3) is 0.250. The predicted molar refractivity (Wildman–Crippen MR) is 93.8 cm³/mol. The van der Waals surface area contributed by atoms with Crippen molar-refractivity contribution in [2.75, 3.05) is 31.1 Å². The summed E-state index contributed by atoms with van der Waals surface area (Å²) in [5.41, 5.74) is 0.533. The second-order valence-corrected chi connectivity index (χ2v) is 6.47. The van der Waals surface area contributed by atoms with Gasteiger partial charge in [-0.3, -0.25) is 4.79 Å². The van der Waals surface area contributed by atoms with Crippen LogP contribution in [0.3, 0.4) is 0 Å². The third-order valence-electron chi connectivity index (χ3n) is 3.76. The predicted octanol–water partition coefficient (Wildman–Crippen LogP) is 4.00. The van der Waals surface area contributed by atoms with Gasteiger partial charge in [-0.1, -0.05) is 46.9 Å². The van der Waals surface area contributed by atoms with Gasteiger partial charge in [-0.15, -0.1) is 0 Å². The Hall–Kier alpha value is -1.49. The van der Waals surface area contributed by atoms with E-state index < -0.39 is 0 Å². The van der Waals surface area contributed by atoms with Gasteiger partial charge >= 0.3 is 0 Å². The number of anilines is 1. The van der Waals surface area contributed by atoms with Crippen LogP contribution in [0.2, 0.25) is 15.1 Å². The molecule has 0 atom stereocenters. The maximum atomic E-state index is 12.5. The standard InChI is InChI=1S/C16H14Cl3N3O/c17-11-9-14(19)15(20-10-11)21-5-7-22(8-6-21)16(23)12-3-1-2-4-13(12)18/h1-4,9-10H,5-8H2. The Morgan fingerprint density at radius 3 is 2.35 bits per heavy atom. The summed E-state index contributed by atoms with van der Waals surface area (Å²) in [4.78, 5) is 20.7. The van der Waals surface area contributed by atoms with Crippen LogP contribution < -0.4 is 4.90 Å².